The summed E-state index contributed by atoms with van der Waals surface area (Å²) >= 11 is 11.8. The molecule has 1 aromatic heterocycles. The molecule has 3 aromatic rings. The highest BCUT2D eigenvalue weighted by Gasteiger charge is 2.09. The molecular weight excluding hydrogens is 429 g/mol. The molecule has 0 bridgehead atoms. The van der Waals surface area contributed by atoms with Crippen LogP contribution in [0.5, 0.6) is 17.2 Å². The maximum absolute atomic E-state index is 11.8. The number of aromatic nitrogens is 2. The lowest BCUT2D eigenvalue weighted by atomic mass is 10.2. The fraction of sp³-hybridized carbons (Fsp3) is 0.0952. The van der Waals surface area contributed by atoms with Gasteiger partial charge in [-0.1, -0.05) is 35.3 Å². The molecule has 1 N–H and O–H groups in total. The highest BCUT2D eigenvalue weighted by Crippen LogP contribution is 2.34. The van der Waals surface area contributed by atoms with Crippen LogP contribution in [-0.2, 0) is 6.54 Å². The second-order valence-electron chi connectivity index (χ2n) is 6.01. The minimum Gasteiger partial charge on any atom is -0.488 e. The molecule has 0 unspecified atom stereocenters. The van der Waals surface area contributed by atoms with Crippen LogP contribution >= 0.6 is 23.2 Å². The first kappa shape index (κ1) is 21.2. The van der Waals surface area contributed by atoms with Gasteiger partial charge in [0.1, 0.15) is 17.4 Å². The fourth-order valence-electron chi connectivity index (χ4n) is 2.52. The average Bonchev–Trinajstić information content (AvgIpc) is 2.72. The van der Waals surface area contributed by atoms with Crippen molar-refractivity contribution < 1.29 is 9.47 Å². The molecule has 0 aliphatic carbocycles. The van der Waals surface area contributed by atoms with E-state index >= 15 is 0 Å². The second kappa shape index (κ2) is 9.83. The van der Waals surface area contributed by atoms with E-state index in [9.17, 15) is 9.59 Å². The number of H-pyrrole nitrogens is 1. The first-order chi connectivity index (χ1) is 14.5. The summed E-state index contributed by atoms with van der Waals surface area (Å²) in [6.07, 6.45) is 4.29. The van der Waals surface area contributed by atoms with Gasteiger partial charge in [0.15, 0.2) is 11.5 Å². The quantitative estimate of drug-likeness (QED) is 0.550. The molecule has 0 amide bonds. The monoisotopic (exact) mass is 443 g/mol. The van der Waals surface area contributed by atoms with E-state index in [0.29, 0.717) is 22.3 Å². The SMILES string of the molecule is N#C/C=C/c1cccc(Oc2ccc(Cl)cc2OCCn2cc(Cl)c(=O)[nH]c2=O)c1. The van der Waals surface area contributed by atoms with Gasteiger partial charge in [-0.3, -0.25) is 14.3 Å². The maximum atomic E-state index is 11.8. The van der Waals surface area contributed by atoms with E-state index in [0.717, 1.165) is 5.56 Å². The van der Waals surface area contributed by atoms with E-state index in [4.69, 9.17) is 37.9 Å². The summed E-state index contributed by atoms with van der Waals surface area (Å²) in [5, 5.41) is 9.02. The summed E-state index contributed by atoms with van der Waals surface area (Å²) in [7, 11) is 0. The van der Waals surface area contributed by atoms with Crippen LogP contribution in [0.2, 0.25) is 10.0 Å². The molecule has 0 radical (unpaired) electrons. The highest BCUT2D eigenvalue weighted by atomic mass is 35.5. The van der Waals surface area contributed by atoms with Gasteiger partial charge in [-0.25, -0.2) is 4.79 Å². The Balaban J connectivity index is 1.75. The molecule has 0 saturated carbocycles. The lowest BCUT2D eigenvalue weighted by molar-refractivity contribution is 0.283. The lowest BCUT2D eigenvalue weighted by Gasteiger charge is -2.14. The van der Waals surface area contributed by atoms with Gasteiger partial charge in [0, 0.05) is 23.4 Å². The van der Waals surface area contributed by atoms with Crippen LogP contribution in [-0.4, -0.2) is 16.2 Å². The Morgan fingerprint density at radius 1 is 1.13 bits per heavy atom. The van der Waals surface area contributed by atoms with Gasteiger partial charge in [-0.2, -0.15) is 5.26 Å². The zero-order chi connectivity index (χ0) is 21.5. The van der Waals surface area contributed by atoms with Crippen molar-refractivity contribution in [1.29, 1.82) is 5.26 Å². The Kier molecular flexibility index (Phi) is 6.96. The summed E-state index contributed by atoms with van der Waals surface area (Å²) in [6.45, 7) is 0.250. The van der Waals surface area contributed by atoms with Crippen LogP contribution in [0.15, 0.2) is 64.3 Å². The number of nitrogens with zero attached hydrogens (tertiary/aromatic N) is 2. The van der Waals surface area contributed by atoms with Crippen molar-refractivity contribution in [3.05, 3.63) is 91.2 Å². The molecule has 0 aliphatic heterocycles. The first-order valence-electron chi connectivity index (χ1n) is 8.72. The number of halogens is 2. The number of nitrogens with one attached hydrogen (secondary N) is 1. The van der Waals surface area contributed by atoms with Crippen LogP contribution < -0.4 is 20.7 Å². The van der Waals surface area contributed by atoms with Gasteiger partial charge in [0.05, 0.1) is 12.6 Å². The van der Waals surface area contributed by atoms with Crippen LogP contribution in [0.25, 0.3) is 6.08 Å². The van der Waals surface area contributed by atoms with E-state index in [1.54, 1.807) is 42.5 Å². The highest BCUT2D eigenvalue weighted by molar-refractivity contribution is 6.30. The smallest absolute Gasteiger partial charge is 0.328 e. The Hall–Kier alpha value is -3.47. The number of hydrogen-bond donors (Lipinski definition) is 1. The Morgan fingerprint density at radius 3 is 2.77 bits per heavy atom. The fourth-order valence-corrected chi connectivity index (χ4v) is 2.85. The third-order valence-corrected chi connectivity index (χ3v) is 4.40. The molecule has 9 heteroatoms. The van der Waals surface area contributed by atoms with E-state index in [1.165, 1.54) is 16.8 Å². The van der Waals surface area contributed by atoms with Gasteiger partial charge in [-0.15, -0.1) is 0 Å². The predicted molar refractivity (Wildman–Crippen MR) is 114 cm³/mol. The van der Waals surface area contributed by atoms with E-state index < -0.39 is 11.2 Å². The van der Waals surface area contributed by atoms with E-state index in [2.05, 4.69) is 4.98 Å². The van der Waals surface area contributed by atoms with Crippen molar-refractivity contribution in [3.63, 3.8) is 0 Å². The number of nitriles is 1. The minimum absolute atomic E-state index is 0.0910. The molecule has 2 aromatic carbocycles. The first-order valence-corrected chi connectivity index (χ1v) is 9.47. The molecule has 7 nitrogen and oxygen atoms in total. The molecule has 3 rings (SSSR count). The Labute approximate surface area is 181 Å². The lowest BCUT2D eigenvalue weighted by Crippen LogP contribution is -2.31. The molecule has 30 heavy (non-hydrogen) atoms. The van der Waals surface area contributed by atoms with Gasteiger partial charge >= 0.3 is 5.69 Å². The van der Waals surface area contributed by atoms with Gasteiger partial charge in [-0.05, 0) is 35.9 Å². The molecule has 0 aliphatic rings. The summed E-state index contributed by atoms with van der Waals surface area (Å²) in [5.41, 5.74) is -0.422. The van der Waals surface area contributed by atoms with E-state index in [1.807, 2.05) is 12.1 Å². The van der Waals surface area contributed by atoms with Crippen molar-refractivity contribution in [2.45, 2.75) is 6.54 Å². The number of aromatic amines is 1. The zero-order valence-corrected chi connectivity index (χ0v) is 17.0. The summed E-state index contributed by atoms with van der Waals surface area (Å²) in [4.78, 5) is 25.3. The summed E-state index contributed by atoms with van der Waals surface area (Å²) < 4.78 is 12.9. The van der Waals surface area contributed by atoms with Crippen molar-refractivity contribution in [2.24, 2.45) is 0 Å². The minimum atomic E-state index is -0.642. The molecule has 0 atom stereocenters. The molecule has 0 saturated heterocycles. The predicted octanol–water partition coefficient (Wildman–Crippen LogP) is 4.25. The van der Waals surface area contributed by atoms with Gasteiger partial charge in [0.25, 0.3) is 5.56 Å². The number of allylic oxidation sites excluding steroid dienone is 1. The average molecular weight is 444 g/mol. The number of rotatable bonds is 7. The largest absolute Gasteiger partial charge is 0.488 e. The molecular formula is C21H15Cl2N3O4. The third kappa shape index (κ3) is 5.54. The Bertz CT molecular complexity index is 1240. The topological polar surface area (TPSA) is 97.1 Å². The van der Waals surface area contributed by atoms with Crippen molar-refractivity contribution in [2.75, 3.05) is 6.61 Å². The normalized spacial score (nSPS) is 10.7. The Morgan fingerprint density at radius 2 is 1.97 bits per heavy atom. The van der Waals surface area contributed by atoms with Crippen LogP contribution in [0.4, 0.5) is 0 Å². The van der Waals surface area contributed by atoms with Crippen molar-refractivity contribution >= 4 is 29.3 Å². The van der Waals surface area contributed by atoms with E-state index in [-0.39, 0.29) is 18.2 Å². The zero-order valence-electron chi connectivity index (χ0n) is 15.5. The van der Waals surface area contributed by atoms with Crippen LogP contribution in [0.3, 0.4) is 0 Å². The van der Waals surface area contributed by atoms with Crippen LogP contribution in [0, 0.1) is 11.3 Å². The third-order valence-electron chi connectivity index (χ3n) is 3.90. The maximum Gasteiger partial charge on any atom is 0.328 e. The van der Waals surface area contributed by atoms with Gasteiger partial charge in [0.2, 0.25) is 0 Å². The van der Waals surface area contributed by atoms with Crippen LogP contribution in [0.1, 0.15) is 5.56 Å². The molecule has 152 valence electrons. The molecule has 1 heterocycles. The van der Waals surface area contributed by atoms with Crippen molar-refractivity contribution in [1.82, 2.24) is 9.55 Å². The summed E-state index contributed by atoms with van der Waals surface area (Å²) in [6, 6.07) is 14.0. The molecule has 0 fully saturated rings. The number of hydrogen-bond acceptors (Lipinski definition) is 5. The molecule has 0 spiro atoms. The number of benzene rings is 2. The number of ether oxygens (including phenoxy) is 2. The second-order valence-corrected chi connectivity index (χ2v) is 6.85. The van der Waals surface area contributed by atoms with Crippen molar-refractivity contribution in [3.8, 4) is 23.3 Å². The standard InChI is InChI=1S/C21H15Cl2N3O4/c22-15-6-7-18(30-16-5-1-3-14(11-16)4-2-8-24)19(12-15)29-10-9-26-13-17(23)20(27)25-21(26)28/h1-7,11-13H,9-10H2,(H,25,27,28)/b4-2+. The van der Waals surface area contributed by atoms with Gasteiger partial charge < -0.3 is 9.47 Å². The summed E-state index contributed by atoms with van der Waals surface area (Å²) in [5.74, 6) is 1.35.